The zero-order valence-electron chi connectivity index (χ0n) is 16.3. The van der Waals surface area contributed by atoms with Crippen molar-refractivity contribution in [1.29, 1.82) is 0 Å². The van der Waals surface area contributed by atoms with E-state index in [1.165, 1.54) is 5.56 Å². The first-order chi connectivity index (χ1) is 13.0. The van der Waals surface area contributed by atoms with E-state index in [0.717, 1.165) is 41.4 Å². The van der Waals surface area contributed by atoms with Gasteiger partial charge in [0.2, 0.25) is 0 Å². The van der Waals surface area contributed by atoms with Crippen LogP contribution in [-0.2, 0) is 19.6 Å². The van der Waals surface area contributed by atoms with Gasteiger partial charge >= 0.3 is 0 Å². The molecule has 0 aliphatic carbocycles. The predicted octanol–water partition coefficient (Wildman–Crippen LogP) is 3.56. The lowest BCUT2D eigenvalue weighted by molar-refractivity contribution is 0.653. The first-order valence-corrected chi connectivity index (χ1v) is 9.54. The number of thiocarbonyl (C=S) groups is 1. The van der Waals surface area contributed by atoms with Gasteiger partial charge in [0.1, 0.15) is 0 Å². The van der Waals surface area contributed by atoms with Crippen LogP contribution < -0.4 is 10.6 Å². The molecule has 0 aliphatic heterocycles. The molecule has 2 N–H and O–H groups in total. The number of anilines is 1. The second-order valence-electron chi connectivity index (χ2n) is 6.59. The Labute approximate surface area is 165 Å². The van der Waals surface area contributed by atoms with E-state index in [-0.39, 0.29) is 0 Å². The summed E-state index contributed by atoms with van der Waals surface area (Å²) in [6, 6.07) is 10.3. The average molecular weight is 383 g/mol. The fourth-order valence-corrected chi connectivity index (χ4v) is 3.19. The summed E-state index contributed by atoms with van der Waals surface area (Å²) in [7, 11) is 0. The monoisotopic (exact) mass is 382 g/mol. The van der Waals surface area contributed by atoms with Gasteiger partial charge in [-0.25, -0.2) is 0 Å². The average Bonchev–Trinajstić information content (AvgIpc) is 3.15. The second kappa shape index (κ2) is 8.35. The van der Waals surface area contributed by atoms with Crippen molar-refractivity contribution in [1.82, 2.24) is 24.9 Å². The minimum absolute atomic E-state index is 0.587. The highest BCUT2D eigenvalue weighted by Crippen LogP contribution is 2.20. The van der Waals surface area contributed by atoms with E-state index in [0.29, 0.717) is 11.7 Å². The first kappa shape index (κ1) is 19.1. The number of hydrogen-bond acceptors (Lipinski definition) is 3. The van der Waals surface area contributed by atoms with Crippen molar-refractivity contribution >= 4 is 23.0 Å². The maximum Gasteiger partial charge on any atom is 0.171 e. The number of nitrogens with one attached hydrogen (secondary N) is 2. The van der Waals surface area contributed by atoms with E-state index < -0.39 is 0 Å². The van der Waals surface area contributed by atoms with E-state index in [1.54, 1.807) is 0 Å². The third kappa shape index (κ3) is 4.54. The lowest BCUT2D eigenvalue weighted by Crippen LogP contribution is -2.28. The molecule has 3 rings (SSSR count). The number of nitrogens with zero attached hydrogens (tertiary/aromatic N) is 4. The largest absolute Gasteiger partial charge is 0.358 e. The van der Waals surface area contributed by atoms with Crippen molar-refractivity contribution in [3.05, 3.63) is 64.7 Å². The summed E-state index contributed by atoms with van der Waals surface area (Å²) >= 11 is 5.49. The Kier molecular flexibility index (Phi) is 5.91. The number of aryl methyl sites for hydroxylation is 3. The van der Waals surface area contributed by atoms with Gasteiger partial charge in [0.05, 0.1) is 29.3 Å². The Morgan fingerprint density at radius 1 is 1.07 bits per heavy atom. The van der Waals surface area contributed by atoms with Gasteiger partial charge < -0.3 is 10.6 Å². The fourth-order valence-electron chi connectivity index (χ4n) is 3.02. The molecule has 27 heavy (non-hydrogen) atoms. The Morgan fingerprint density at radius 2 is 1.81 bits per heavy atom. The molecule has 2 aromatic heterocycles. The lowest BCUT2D eigenvalue weighted by Gasteiger charge is -2.11. The molecule has 0 amide bonds. The molecule has 2 heterocycles. The molecule has 0 atom stereocenters. The van der Waals surface area contributed by atoms with Crippen LogP contribution in [0.5, 0.6) is 0 Å². The van der Waals surface area contributed by atoms with E-state index in [9.17, 15) is 0 Å². The van der Waals surface area contributed by atoms with Gasteiger partial charge in [-0.1, -0.05) is 30.3 Å². The maximum atomic E-state index is 5.49. The van der Waals surface area contributed by atoms with Gasteiger partial charge in [-0.2, -0.15) is 10.2 Å². The van der Waals surface area contributed by atoms with Crippen LogP contribution in [0.3, 0.4) is 0 Å². The molecular weight excluding hydrogens is 356 g/mol. The van der Waals surface area contributed by atoms with E-state index in [1.807, 2.05) is 41.4 Å². The molecule has 0 spiro atoms. The molecule has 0 fully saturated rings. The predicted molar refractivity (Wildman–Crippen MR) is 113 cm³/mol. The molecule has 3 aromatic rings. The third-order valence-electron chi connectivity index (χ3n) is 4.61. The topological polar surface area (TPSA) is 59.7 Å². The van der Waals surface area contributed by atoms with E-state index >= 15 is 0 Å². The molecular formula is C20H26N6S. The van der Waals surface area contributed by atoms with Crippen molar-refractivity contribution in [3.8, 4) is 0 Å². The van der Waals surface area contributed by atoms with Crippen molar-refractivity contribution in [2.75, 3.05) is 5.32 Å². The Morgan fingerprint density at radius 3 is 2.48 bits per heavy atom. The Hall–Kier alpha value is -2.67. The van der Waals surface area contributed by atoms with Crippen LogP contribution in [0.25, 0.3) is 0 Å². The molecule has 7 heteroatoms. The molecule has 142 valence electrons. The number of hydrogen-bond donors (Lipinski definition) is 2. The van der Waals surface area contributed by atoms with Crippen molar-refractivity contribution < 1.29 is 0 Å². The van der Waals surface area contributed by atoms with Crippen LogP contribution in [0.15, 0.2) is 36.5 Å². The molecule has 0 unspecified atom stereocenters. The summed E-state index contributed by atoms with van der Waals surface area (Å²) in [5.74, 6) is 0. The second-order valence-corrected chi connectivity index (χ2v) is 7.00. The highest BCUT2D eigenvalue weighted by atomic mass is 32.1. The smallest absolute Gasteiger partial charge is 0.171 e. The molecule has 1 aromatic carbocycles. The normalized spacial score (nSPS) is 10.8. The summed E-state index contributed by atoms with van der Waals surface area (Å²) < 4.78 is 3.94. The van der Waals surface area contributed by atoms with Gasteiger partial charge in [0.15, 0.2) is 5.11 Å². The molecule has 0 radical (unpaired) electrons. The molecule has 0 saturated heterocycles. The van der Waals surface area contributed by atoms with Crippen LogP contribution in [0.2, 0.25) is 0 Å². The molecule has 6 nitrogen and oxygen atoms in total. The van der Waals surface area contributed by atoms with Gasteiger partial charge in [0.25, 0.3) is 0 Å². The standard InChI is InChI=1S/C20H26N6S/c1-5-25-13-18(14(2)23-25)11-21-20(27)22-19-15(3)24-26(16(19)4)12-17-9-7-6-8-10-17/h6-10,13H,5,11-12H2,1-4H3,(H2,21,22,27). The molecule has 0 saturated carbocycles. The van der Waals surface area contributed by atoms with Crippen LogP contribution in [0.1, 0.15) is 35.1 Å². The number of rotatable bonds is 6. The maximum absolute atomic E-state index is 5.49. The van der Waals surface area contributed by atoms with Gasteiger partial charge in [-0.3, -0.25) is 9.36 Å². The van der Waals surface area contributed by atoms with Gasteiger partial charge in [0, 0.05) is 24.8 Å². The SMILES string of the molecule is CCn1cc(CNC(=S)Nc2c(C)nn(Cc3ccccc3)c2C)c(C)n1. The van der Waals surface area contributed by atoms with Crippen molar-refractivity contribution in [3.63, 3.8) is 0 Å². The fraction of sp³-hybridized carbons (Fsp3) is 0.350. The first-order valence-electron chi connectivity index (χ1n) is 9.13. The summed E-state index contributed by atoms with van der Waals surface area (Å²) in [6.45, 7) is 10.4. The van der Waals surface area contributed by atoms with Crippen LogP contribution in [0, 0.1) is 20.8 Å². The van der Waals surface area contributed by atoms with Crippen LogP contribution >= 0.6 is 12.2 Å². The van der Waals surface area contributed by atoms with Crippen LogP contribution in [0.4, 0.5) is 5.69 Å². The quantitative estimate of drug-likeness (QED) is 0.639. The number of aromatic nitrogens is 4. The minimum atomic E-state index is 0.587. The highest BCUT2D eigenvalue weighted by Gasteiger charge is 2.13. The van der Waals surface area contributed by atoms with Gasteiger partial charge in [-0.15, -0.1) is 0 Å². The van der Waals surface area contributed by atoms with Crippen molar-refractivity contribution in [2.24, 2.45) is 0 Å². The highest BCUT2D eigenvalue weighted by molar-refractivity contribution is 7.80. The number of benzene rings is 1. The van der Waals surface area contributed by atoms with Crippen LogP contribution in [-0.4, -0.2) is 24.7 Å². The lowest BCUT2D eigenvalue weighted by atomic mass is 10.2. The summed E-state index contributed by atoms with van der Waals surface area (Å²) in [6.07, 6.45) is 2.05. The zero-order valence-corrected chi connectivity index (χ0v) is 17.1. The van der Waals surface area contributed by atoms with E-state index in [2.05, 4.69) is 53.0 Å². The molecule has 0 bridgehead atoms. The van der Waals surface area contributed by atoms with Crippen molar-refractivity contribution in [2.45, 2.75) is 47.3 Å². The zero-order chi connectivity index (χ0) is 19.4. The minimum Gasteiger partial charge on any atom is -0.358 e. The Balaban J connectivity index is 1.64. The van der Waals surface area contributed by atoms with Gasteiger partial charge in [-0.05, 0) is 45.5 Å². The third-order valence-corrected chi connectivity index (χ3v) is 4.85. The Bertz CT molecular complexity index is 926. The van der Waals surface area contributed by atoms with E-state index in [4.69, 9.17) is 12.2 Å². The summed E-state index contributed by atoms with van der Waals surface area (Å²) in [5, 5.41) is 16.3. The molecule has 0 aliphatic rings. The summed E-state index contributed by atoms with van der Waals surface area (Å²) in [4.78, 5) is 0. The summed E-state index contributed by atoms with van der Waals surface area (Å²) in [5.41, 5.74) is 6.35.